The summed E-state index contributed by atoms with van der Waals surface area (Å²) in [6.45, 7) is 10.2. The highest BCUT2D eigenvalue weighted by atomic mass is 16.5. The number of ether oxygens (including phenoxy) is 1. The number of nitrogens with one attached hydrogen (secondary N) is 1. The normalized spacial score (nSPS) is 31.8. The molecule has 1 saturated carbocycles. The van der Waals surface area contributed by atoms with Crippen molar-refractivity contribution in [3.05, 3.63) is 0 Å². The second-order valence-electron chi connectivity index (χ2n) is 6.41. The van der Waals surface area contributed by atoms with Crippen molar-refractivity contribution in [2.24, 2.45) is 5.92 Å². The first-order valence-corrected chi connectivity index (χ1v) is 7.04. The third kappa shape index (κ3) is 3.67. The summed E-state index contributed by atoms with van der Waals surface area (Å²) in [5.74, 6) is 0.959. The Bertz CT molecular complexity index is 251. The van der Waals surface area contributed by atoms with Crippen LogP contribution >= 0.6 is 0 Å². The first kappa shape index (κ1) is 13.3. The monoisotopic (exact) mass is 240 g/mol. The predicted octanol–water partition coefficient (Wildman–Crippen LogP) is 1.87. The molecular weight excluding hydrogens is 212 g/mol. The molecule has 17 heavy (non-hydrogen) atoms. The van der Waals surface area contributed by atoms with Crippen LogP contribution in [-0.4, -0.2) is 49.3 Å². The molecule has 2 aliphatic rings. The van der Waals surface area contributed by atoms with Crippen LogP contribution in [0, 0.1) is 5.92 Å². The molecule has 3 heteroatoms. The fourth-order valence-corrected chi connectivity index (χ4v) is 2.59. The molecule has 0 spiro atoms. The Kier molecular flexibility index (Phi) is 4.11. The number of hydrogen-bond acceptors (Lipinski definition) is 3. The van der Waals surface area contributed by atoms with E-state index in [9.17, 15) is 0 Å². The van der Waals surface area contributed by atoms with Crippen molar-refractivity contribution in [2.45, 2.75) is 57.7 Å². The van der Waals surface area contributed by atoms with Crippen molar-refractivity contribution in [1.29, 1.82) is 0 Å². The zero-order valence-corrected chi connectivity index (χ0v) is 11.8. The average Bonchev–Trinajstić information content (AvgIpc) is 3.12. The van der Waals surface area contributed by atoms with Gasteiger partial charge in [0.25, 0.3) is 0 Å². The van der Waals surface area contributed by atoms with Crippen LogP contribution in [0.15, 0.2) is 0 Å². The van der Waals surface area contributed by atoms with Crippen molar-refractivity contribution < 1.29 is 4.74 Å². The Balaban J connectivity index is 1.80. The number of methoxy groups -OCH3 is 1. The lowest BCUT2D eigenvalue weighted by Crippen LogP contribution is -2.56. The lowest BCUT2D eigenvalue weighted by atomic mass is 10.0. The Hall–Kier alpha value is -0.120. The number of piperazine rings is 1. The van der Waals surface area contributed by atoms with Crippen molar-refractivity contribution in [2.75, 3.05) is 26.7 Å². The molecule has 1 saturated heterocycles. The van der Waals surface area contributed by atoms with Gasteiger partial charge in [-0.15, -0.1) is 0 Å². The van der Waals surface area contributed by atoms with E-state index >= 15 is 0 Å². The van der Waals surface area contributed by atoms with E-state index in [1.54, 1.807) is 0 Å². The molecule has 1 heterocycles. The van der Waals surface area contributed by atoms with Gasteiger partial charge in [0, 0.05) is 38.8 Å². The third-order valence-corrected chi connectivity index (χ3v) is 4.47. The van der Waals surface area contributed by atoms with Crippen molar-refractivity contribution in [3.8, 4) is 0 Å². The minimum absolute atomic E-state index is 0.0136. The summed E-state index contributed by atoms with van der Waals surface area (Å²) >= 11 is 0. The first-order chi connectivity index (χ1) is 8.02. The van der Waals surface area contributed by atoms with E-state index in [4.69, 9.17) is 4.74 Å². The quantitative estimate of drug-likeness (QED) is 0.794. The Morgan fingerprint density at radius 3 is 2.65 bits per heavy atom. The highest BCUT2D eigenvalue weighted by molar-refractivity contribution is 4.93. The second kappa shape index (κ2) is 5.25. The van der Waals surface area contributed by atoms with Gasteiger partial charge >= 0.3 is 0 Å². The number of rotatable bonds is 5. The summed E-state index contributed by atoms with van der Waals surface area (Å²) in [5.41, 5.74) is 0.0136. The molecule has 2 unspecified atom stereocenters. The van der Waals surface area contributed by atoms with Crippen LogP contribution in [0.5, 0.6) is 0 Å². The second-order valence-corrected chi connectivity index (χ2v) is 6.41. The summed E-state index contributed by atoms with van der Waals surface area (Å²) in [6.07, 6.45) is 3.98. The van der Waals surface area contributed by atoms with Gasteiger partial charge in [-0.05, 0) is 46.0 Å². The van der Waals surface area contributed by atoms with Gasteiger partial charge in [0.1, 0.15) is 0 Å². The molecule has 0 amide bonds. The number of hydrogen-bond donors (Lipinski definition) is 1. The van der Waals surface area contributed by atoms with Gasteiger partial charge in [-0.3, -0.25) is 4.90 Å². The molecule has 3 nitrogen and oxygen atoms in total. The summed E-state index contributed by atoms with van der Waals surface area (Å²) in [5, 5.41) is 3.70. The minimum atomic E-state index is 0.0136. The van der Waals surface area contributed by atoms with Gasteiger partial charge in [-0.25, -0.2) is 0 Å². The first-order valence-electron chi connectivity index (χ1n) is 7.04. The van der Waals surface area contributed by atoms with Gasteiger partial charge in [0.15, 0.2) is 0 Å². The lowest BCUT2D eigenvalue weighted by molar-refractivity contribution is 0.000363. The van der Waals surface area contributed by atoms with E-state index in [0.29, 0.717) is 6.04 Å². The fraction of sp³-hybridized carbons (Fsp3) is 1.00. The van der Waals surface area contributed by atoms with E-state index in [2.05, 4.69) is 31.0 Å². The summed E-state index contributed by atoms with van der Waals surface area (Å²) in [6, 6.07) is 1.41. The van der Waals surface area contributed by atoms with Crippen LogP contribution in [0.4, 0.5) is 0 Å². The highest BCUT2D eigenvalue weighted by Crippen LogP contribution is 2.34. The van der Waals surface area contributed by atoms with Crippen LogP contribution in [0.25, 0.3) is 0 Å². The largest absolute Gasteiger partial charge is 0.379 e. The van der Waals surface area contributed by atoms with Gasteiger partial charge in [-0.2, -0.15) is 0 Å². The maximum atomic E-state index is 5.51. The van der Waals surface area contributed by atoms with Gasteiger partial charge in [-0.1, -0.05) is 0 Å². The maximum absolute atomic E-state index is 5.51. The van der Waals surface area contributed by atoms with Gasteiger partial charge < -0.3 is 10.1 Å². The number of nitrogens with zero attached hydrogens (tertiary/aromatic N) is 1. The molecule has 1 aliphatic carbocycles. The van der Waals surface area contributed by atoms with Crippen LogP contribution in [0.3, 0.4) is 0 Å². The minimum Gasteiger partial charge on any atom is -0.379 e. The molecule has 2 fully saturated rings. The Labute approximate surface area is 106 Å². The molecule has 2 rings (SSSR count). The standard InChI is InChI=1S/C14H28N2O/c1-11-9-15-13(12-5-6-12)10-16(11)8-7-14(2,3)17-4/h11-13,15H,5-10H2,1-4H3. The molecular formula is C14H28N2O. The molecule has 0 radical (unpaired) electrons. The summed E-state index contributed by atoms with van der Waals surface area (Å²) in [4.78, 5) is 2.64. The van der Waals surface area contributed by atoms with Crippen LogP contribution in [0.1, 0.15) is 40.0 Å². The predicted molar refractivity (Wildman–Crippen MR) is 71.3 cm³/mol. The van der Waals surface area contributed by atoms with E-state index < -0.39 is 0 Å². The summed E-state index contributed by atoms with van der Waals surface area (Å²) in [7, 11) is 1.81. The fourth-order valence-electron chi connectivity index (χ4n) is 2.59. The summed E-state index contributed by atoms with van der Waals surface area (Å²) < 4.78 is 5.51. The lowest BCUT2D eigenvalue weighted by Gasteiger charge is -2.40. The SMILES string of the molecule is COC(C)(C)CCN1CC(C2CC2)NCC1C. The maximum Gasteiger partial charge on any atom is 0.0634 e. The third-order valence-electron chi connectivity index (χ3n) is 4.47. The van der Waals surface area contributed by atoms with E-state index in [1.165, 1.54) is 19.4 Å². The van der Waals surface area contributed by atoms with Crippen molar-refractivity contribution >= 4 is 0 Å². The molecule has 0 bridgehead atoms. The molecule has 0 aromatic rings. The molecule has 100 valence electrons. The van der Waals surface area contributed by atoms with Crippen molar-refractivity contribution in [3.63, 3.8) is 0 Å². The van der Waals surface area contributed by atoms with Crippen LogP contribution in [0.2, 0.25) is 0 Å². The smallest absolute Gasteiger partial charge is 0.0634 e. The van der Waals surface area contributed by atoms with Crippen LogP contribution in [-0.2, 0) is 4.74 Å². The molecule has 1 N–H and O–H groups in total. The Morgan fingerprint density at radius 1 is 1.35 bits per heavy atom. The van der Waals surface area contributed by atoms with Crippen molar-refractivity contribution in [1.82, 2.24) is 10.2 Å². The topological polar surface area (TPSA) is 24.5 Å². The zero-order valence-electron chi connectivity index (χ0n) is 11.8. The van der Waals surface area contributed by atoms with Crippen LogP contribution < -0.4 is 5.32 Å². The zero-order chi connectivity index (χ0) is 12.5. The van der Waals surface area contributed by atoms with Gasteiger partial charge in [0.2, 0.25) is 0 Å². The molecule has 2 atom stereocenters. The van der Waals surface area contributed by atoms with Gasteiger partial charge in [0.05, 0.1) is 5.60 Å². The molecule has 1 aliphatic heterocycles. The molecule has 0 aromatic carbocycles. The van der Waals surface area contributed by atoms with E-state index in [0.717, 1.165) is 31.5 Å². The van der Waals surface area contributed by atoms with E-state index in [-0.39, 0.29) is 5.60 Å². The average molecular weight is 240 g/mol. The Morgan fingerprint density at radius 2 is 2.06 bits per heavy atom. The van der Waals surface area contributed by atoms with E-state index in [1.807, 2.05) is 7.11 Å². The highest BCUT2D eigenvalue weighted by Gasteiger charge is 2.36. The molecule has 0 aromatic heterocycles.